The molecular formula is C19H19N7OS. The quantitative estimate of drug-likeness (QED) is 0.520. The average molecular weight is 393 g/mol. The zero-order valence-electron chi connectivity index (χ0n) is 15.4. The van der Waals surface area contributed by atoms with Crippen LogP contribution in [0.5, 0.6) is 0 Å². The summed E-state index contributed by atoms with van der Waals surface area (Å²) in [5, 5.41) is 12.8. The van der Waals surface area contributed by atoms with Crippen molar-refractivity contribution in [3.63, 3.8) is 0 Å². The van der Waals surface area contributed by atoms with Crippen molar-refractivity contribution in [3.8, 4) is 0 Å². The molecule has 0 bridgehead atoms. The maximum atomic E-state index is 13.0. The van der Waals surface area contributed by atoms with Crippen LogP contribution in [0.3, 0.4) is 0 Å². The highest BCUT2D eigenvalue weighted by molar-refractivity contribution is 7.16. The summed E-state index contributed by atoms with van der Waals surface area (Å²) in [6.07, 6.45) is 0.898. The number of aryl methyl sites for hydroxylation is 1. The number of benzene rings is 1. The normalized spacial score (nSPS) is 15.3. The van der Waals surface area contributed by atoms with E-state index >= 15 is 0 Å². The van der Waals surface area contributed by atoms with Crippen LogP contribution in [0.1, 0.15) is 22.6 Å². The molecule has 5 rings (SSSR count). The van der Waals surface area contributed by atoms with Gasteiger partial charge in [-0.3, -0.25) is 4.79 Å². The van der Waals surface area contributed by atoms with Crippen LogP contribution in [-0.4, -0.2) is 61.8 Å². The number of anilines is 1. The first-order valence-corrected chi connectivity index (χ1v) is 10.1. The number of thiazole rings is 1. The lowest BCUT2D eigenvalue weighted by molar-refractivity contribution is 0.0767. The summed E-state index contributed by atoms with van der Waals surface area (Å²) in [7, 11) is 0. The molecule has 3 aromatic heterocycles. The van der Waals surface area contributed by atoms with Gasteiger partial charge in [-0.05, 0) is 43.7 Å². The van der Waals surface area contributed by atoms with Crippen molar-refractivity contribution in [3.05, 3.63) is 47.2 Å². The number of amides is 1. The van der Waals surface area contributed by atoms with E-state index in [1.54, 1.807) is 15.9 Å². The zero-order chi connectivity index (χ0) is 19.1. The first-order chi connectivity index (χ1) is 13.7. The smallest absolute Gasteiger partial charge is 0.253 e. The Morgan fingerprint density at radius 1 is 1.07 bits per heavy atom. The van der Waals surface area contributed by atoms with Gasteiger partial charge in [0.2, 0.25) is 0 Å². The third-order valence-electron chi connectivity index (χ3n) is 5.09. The lowest BCUT2D eigenvalue weighted by Crippen LogP contribution is -2.35. The first kappa shape index (κ1) is 17.1. The van der Waals surface area contributed by atoms with Crippen LogP contribution in [0.15, 0.2) is 35.8 Å². The minimum Gasteiger partial charge on any atom is -0.353 e. The Morgan fingerprint density at radius 2 is 2.00 bits per heavy atom. The van der Waals surface area contributed by atoms with Gasteiger partial charge in [0.1, 0.15) is 5.82 Å². The fraction of sp³-hybridized carbons (Fsp3) is 0.316. The second-order valence-corrected chi connectivity index (χ2v) is 7.76. The third kappa shape index (κ3) is 2.97. The molecule has 0 radical (unpaired) electrons. The molecule has 4 aromatic rings. The fourth-order valence-electron chi connectivity index (χ4n) is 3.58. The number of fused-ring (bicyclic) bond motifs is 2. The molecule has 0 unspecified atom stereocenters. The number of nitrogens with zero attached hydrogens (tertiary/aromatic N) is 7. The van der Waals surface area contributed by atoms with Crippen LogP contribution in [0.2, 0.25) is 0 Å². The number of hydrogen-bond donors (Lipinski definition) is 0. The number of rotatable bonds is 2. The maximum Gasteiger partial charge on any atom is 0.253 e. The molecule has 1 aliphatic heterocycles. The summed E-state index contributed by atoms with van der Waals surface area (Å²) < 4.78 is 2.80. The van der Waals surface area contributed by atoms with Gasteiger partial charge >= 0.3 is 0 Å². The minimum absolute atomic E-state index is 0.0789. The summed E-state index contributed by atoms with van der Waals surface area (Å²) in [5.74, 6) is 1.73. The summed E-state index contributed by atoms with van der Waals surface area (Å²) in [4.78, 5) is 21.4. The van der Waals surface area contributed by atoms with E-state index in [1.807, 2.05) is 47.7 Å². The Bertz CT molecular complexity index is 1170. The second kappa shape index (κ2) is 6.83. The highest BCUT2D eigenvalue weighted by atomic mass is 32.1. The van der Waals surface area contributed by atoms with Gasteiger partial charge in [-0.2, -0.15) is 4.52 Å². The Hall–Kier alpha value is -3.07. The molecule has 1 saturated heterocycles. The number of aromatic nitrogens is 5. The van der Waals surface area contributed by atoms with E-state index in [2.05, 4.69) is 25.2 Å². The molecule has 8 nitrogen and oxygen atoms in total. The second-order valence-electron chi connectivity index (χ2n) is 6.88. The van der Waals surface area contributed by atoms with Crippen molar-refractivity contribution >= 4 is 38.9 Å². The standard InChI is InChI=1S/C19H19N7OS/c1-13-21-22-17-5-6-18(23-26(13)17)24-7-2-8-25(10-9-24)19(27)14-3-4-15-16(11-14)28-12-20-15/h3-6,11-12H,2,7-10H2,1H3. The zero-order valence-corrected chi connectivity index (χ0v) is 16.3. The van der Waals surface area contributed by atoms with E-state index in [1.165, 1.54) is 0 Å². The molecule has 1 fully saturated rings. The number of carbonyl (C=O) groups is 1. The Balaban J connectivity index is 1.34. The third-order valence-corrected chi connectivity index (χ3v) is 5.88. The van der Waals surface area contributed by atoms with Gasteiger partial charge in [-0.15, -0.1) is 26.6 Å². The topological polar surface area (TPSA) is 79.5 Å². The molecule has 0 saturated carbocycles. The predicted octanol–water partition coefficient (Wildman–Crippen LogP) is 2.39. The van der Waals surface area contributed by atoms with Gasteiger partial charge in [0.15, 0.2) is 11.5 Å². The van der Waals surface area contributed by atoms with Crippen LogP contribution in [-0.2, 0) is 0 Å². The molecule has 1 aliphatic rings. The lowest BCUT2D eigenvalue weighted by Gasteiger charge is -2.23. The van der Waals surface area contributed by atoms with Gasteiger partial charge in [-0.1, -0.05) is 0 Å². The molecule has 0 atom stereocenters. The fourth-order valence-corrected chi connectivity index (χ4v) is 4.29. The largest absolute Gasteiger partial charge is 0.353 e. The molecule has 0 N–H and O–H groups in total. The van der Waals surface area contributed by atoms with Crippen molar-refractivity contribution in [1.29, 1.82) is 0 Å². The summed E-state index contributed by atoms with van der Waals surface area (Å²) >= 11 is 1.56. The van der Waals surface area contributed by atoms with Crippen LogP contribution in [0.4, 0.5) is 5.82 Å². The first-order valence-electron chi connectivity index (χ1n) is 9.25. The summed E-state index contributed by atoms with van der Waals surface area (Å²) in [5.41, 5.74) is 4.22. The van der Waals surface area contributed by atoms with E-state index < -0.39 is 0 Å². The summed E-state index contributed by atoms with van der Waals surface area (Å²) in [6, 6.07) is 9.64. The van der Waals surface area contributed by atoms with E-state index in [0.717, 1.165) is 59.1 Å². The highest BCUT2D eigenvalue weighted by Crippen LogP contribution is 2.21. The molecule has 0 aliphatic carbocycles. The van der Waals surface area contributed by atoms with Crippen LogP contribution in [0, 0.1) is 6.92 Å². The molecule has 142 valence electrons. The van der Waals surface area contributed by atoms with Crippen molar-refractivity contribution in [2.75, 3.05) is 31.1 Å². The van der Waals surface area contributed by atoms with Crippen LogP contribution in [0.25, 0.3) is 15.9 Å². The van der Waals surface area contributed by atoms with Gasteiger partial charge < -0.3 is 9.80 Å². The van der Waals surface area contributed by atoms with Crippen molar-refractivity contribution in [2.45, 2.75) is 13.3 Å². The molecule has 1 aromatic carbocycles. The lowest BCUT2D eigenvalue weighted by atomic mass is 10.2. The minimum atomic E-state index is 0.0789. The highest BCUT2D eigenvalue weighted by Gasteiger charge is 2.22. The summed E-state index contributed by atoms with van der Waals surface area (Å²) in [6.45, 7) is 4.90. The monoisotopic (exact) mass is 393 g/mol. The van der Waals surface area contributed by atoms with Crippen molar-refractivity contribution in [2.24, 2.45) is 0 Å². The molecule has 1 amide bonds. The predicted molar refractivity (Wildman–Crippen MR) is 108 cm³/mol. The Labute approximate surface area is 165 Å². The molecular weight excluding hydrogens is 374 g/mol. The Kier molecular flexibility index (Phi) is 4.16. The van der Waals surface area contributed by atoms with Crippen LogP contribution < -0.4 is 4.90 Å². The maximum absolute atomic E-state index is 13.0. The molecule has 4 heterocycles. The average Bonchev–Trinajstić information content (AvgIpc) is 3.25. The SMILES string of the molecule is Cc1nnc2ccc(N3CCCN(C(=O)c4ccc5ncsc5c4)CC3)nn12. The number of hydrogen-bond acceptors (Lipinski definition) is 7. The molecule has 9 heteroatoms. The number of carbonyl (C=O) groups excluding carboxylic acids is 1. The van der Waals surface area contributed by atoms with Gasteiger partial charge in [-0.25, -0.2) is 4.98 Å². The Morgan fingerprint density at radius 3 is 2.93 bits per heavy atom. The molecule has 0 spiro atoms. The van der Waals surface area contributed by atoms with E-state index in [9.17, 15) is 4.79 Å². The van der Waals surface area contributed by atoms with Crippen molar-refractivity contribution < 1.29 is 4.79 Å². The van der Waals surface area contributed by atoms with E-state index in [0.29, 0.717) is 6.54 Å². The van der Waals surface area contributed by atoms with Gasteiger partial charge in [0, 0.05) is 31.7 Å². The van der Waals surface area contributed by atoms with E-state index in [4.69, 9.17) is 0 Å². The molecule has 28 heavy (non-hydrogen) atoms. The van der Waals surface area contributed by atoms with E-state index in [-0.39, 0.29) is 5.91 Å². The van der Waals surface area contributed by atoms with Crippen molar-refractivity contribution in [1.82, 2.24) is 29.7 Å². The van der Waals surface area contributed by atoms with Crippen LogP contribution >= 0.6 is 11.3 Å². The van der Waals surface area contributed by atoms with Gasteiger partial charge in [0.05, 0.1) is 15.7 Å². The van der Waals surface area contributed by atoms with Gasteiger partial charge in [0.25, 0.3) is 5.91 Å².